The van der Waals surface area contributed by atoms with E-state index in [-0.39, 0.29) is 22.6 Å². The smallest absolute Gasteiger partial charge is 0.197 e. The van der Waals surface area contributed by atoms with Crippen LogP contribution in [0.25, 0.3) is 27.6 Å². The van der Waals surface area contributed by atoms with Crippen LogP contribution >= 0.6 is 23.2 Å². The summed E-state index contributed by atoms with van der Waals surface area (Å²) in [6.07, 6.45) is 1.71. The van der Waals surface area contributed by atoms with E-state index in [1.807, 2.05) is 12.1 Å². The molecule has 212 valence electrons. The van der Waals surface area contributed by atoms with Gasteiger partial charge in [0, 0.05) is 22.2 Å². The van der Waals surface area contributed by atoms with Crippen molar-refractivity contribution in [2.45, 2.75) is 19.3 Å². The zero-order valence-corrected chi connectivity index (χ0v) is 25.5. The zero-order valence-electron chi connectivity index (χ0n) is 24.0. The molecule has 0 saturated carbocycles. The van der Waals surface area contributed by atoms with Crippen molar-refractivity contribution in [2.24, 2.45) is 0 Å². The fraction of sp³-hybridized carbons (Fsp3) is 0.0769. The lowest BCUT2D eigenvalue weighted by Crippen LogP contribution is -2.30. The van der Waals surface area contributed by atoms with Gasteiger partial charge >= 0.3 is 0 Å². The van der Waals surface area contributed by atoms with Gasteiger partial charge in [0.25, 0.3) is 0 Å². The van der Waals surface area contributed by atoms with Gasteiger partial charge in [0.15, 0.2) is 11.6 Å². The van der Waals surface area contributed by atoms with Crippen molar-refractivity contribution < 1.29 is 9.59 Å². The summed E-state index contributed by atoms with van der Waals surface area (Å²) in [5.74, 6) is -0.556. The third-order valence-electron chi connectivity index (χ3n) is 9.03. The number of benzene rings is 6. The summed E-state index contributed by atoms with van der Waals surface area (Å²) in [6, 6.07) is 36.4. The molecule has 1 aliphatic heterocycles. The monoisotopic (exact) mass is 609 g/mol. The fourth-order valence-electron chi connectivity index (χ4n) is 6.95. The third kappa shape index (κ3) is 3.90. The minimum absolute atomic E-state index is 0.161. The van der Waals surface area contributed by atoms with Crippen molar-refractivity contribution in [1.82, 2.24) is 0 Å². The molecule has 1 heterocycles. The van der Waals surface area contributed by atoms with Gasteiger partial charge < -0.3 is 4.90 Å². The highest BCUT2D eigenvalue weighted by Gasteiger charge is 2.38. The molecule has 6 aromatic rings. The molecule has 6 aromatic carbocycles. The van der Waals surface area contributed by atoms with E-state index in [0.29, 0.717) is 21.2 Å². The van der Waals surface area contributed by atoms with Gasteiger partial charge in [-0.05, 0) is 98.9 Å². The van der Waals surface area contributed by atoms with Crippen LogP contribution in [0, 0.1) is 0 Å². The number of hydrogen-bond donors (Lipinski definition) is 0. The average molecular weight is 611 g/mol. The Morgan fingerprint density at radius 2 is 1.27 bits per heavy atom. The van der Waals surface area contributed by atoms with Crippen LogP contribution in [0.5, 0.6) is 0 Å². The number of halogens is 2. The molecular weight excluding hydrogens is 585 g/mol. The second kappa shape index (κ2) is 9.65. The van der Waals surface area contributed by atoms with Gasteiger partial charge in [-0.1, -0.05) is 91.6 Å². The molecular formula is C39H25Cl2NO2. The molecule has 3 nitrogen and oxygen atoms in total. The first-order valence-corrected chi connectivity index (χ1v) is 15.2. The lowest BCUT2D eigenvalue weighted by atomic mass is 9.71. The second-order valence-corrected chi connectivity index (χ2v) is 12.8. The highest BCUT2D eigenvalue weighted by atomic mass is 35.5. The first-order valence-electron chi connectivity index (χ1n) is 14.5. The molecule has 0 aromatic heterocycles. The number of rotatable bonds is 2. The summed E-state index contributed by atoms with van der Waals surface area (Å²) in [4.78, 5) is 29.3. The number of para-hydroxylation sites is 2. The maximum Gasteiger partial charge on any atom is 0.197 e. The maximum atomic E-state index is 13.5. The topological polar surface area (TPSA) is 37.4 Å². The van der Waals surface area contributed by atoms with Gasteiger partial charge in [0.1, 0.15) is 0 Å². The highest BCUT2D eigenvalue weighted by Crippen LogP contribution is 2.53. The Hall–Kier alpha value is -4.70. The van der Waals surface area contributed by atoms with Crippen molar-refractivity contribution >= 4 is 79.5 Å². The van der Waals surface area contributed by atoms with E-state index in [9.17, 15) is 9.59 Å². The largest absolute Gasteiger partial charge is 0.310 e. The molecule has 2 aliphatic rings. The van der Waals surface area contributed by atoms with Gasteiger partial charge in [0.2, 0.25) is 0 Å². The molecule has 0 saturated heterocycles. The predicted molar refractivity (Wildman–Crippen MR) is 181 cm³/mol. The Labute approximate surface area is 265 Å². The predicted octanol–water partition coefficient (Wildman–Crippen LogP) is 10.9. The lowest BCUT2D eigenvalue weighted by molar-refractivity contribution is 0.0990. The van der Waals surface area contributed by atoms with E-state index in [2.05, 4.69) is 91.5 Å². The molecule has 44 heavy (non-hydrogen) atoms. The fourth-order valence-corrected chi connectivity index (χ4v) is 7.29. The van der Waals surface area contributed by atoms with E-state index >= 15 is 0 Å². The molecule has 5 heteroatoms. The molecule has 0 N–H and O–H groups in total. The average Bonchev–Trinajstić information content (AvgIpc) is 3.24. The van der Waals surface area contributed by atoms with Crippen LogP contribution in [0.3, 0.4) is 0 Å². The van der Waals surface area contributed by atoms with Gasteiger partial charge in [-0.2, -0.15) is 0 Å². The first kappa shape index (κ1) is 26.9. The normalized spacial score (nSPS) is 15.0. The molecule has 0 spiro atoms. The summed E-state index contributed by atoms with van der Waals surface area (Å²) in [5.41, 5.74) is 7.39. The van der Waals surface area contributed by atoms with E-state index < -0.39 is 0 Å². The Balaban J connectivity index is 1.25. The van der Waals surface area contributed by atoms with E-state index in [0.717, 1.165) is 38.5 Å². The second-order valence-electron chi connectivity index (χ2n) is 12.0. The molecule has 1 aliphatic carbocycles. The quantitative estimate of drug-likeness (QED) is 0.145. The standard InChI is InChI=1S/C39H25Cl2NO2/c1-39(2)31-10-6-7-11-34(31)42(26-8-4-3-5-9-26)35-15-13-23-16-22(12-14-27(23)36(35)39)17-30-37(43)28-18-24-20-32(40)33(41)21-25(24)19-29(28)38(30)44/h3-21H,1-2H3. The number of Topliss-reactive ketones (excluding diaryl/α,β-unsaturated/α-hetero) is 2. The van der Waals surface area contributed by atoms with Crippen LogP contribution in [0.15, 0.2) is 115 Å². The molecule has 0 fully saturated rings. The van der Waals surface area contributed by atoms with Crippen molar-refractivity contribution in [3.63, 3.8) is 0 Å². The summed E-state index contributed by atoms with van der Waals surface area (Å²) >= 11 is 12.4. The van der Waals surface area contributed by atoms with E-state index in [1.165, 1.54) is 16.8 Å². The number of fused-ring (bicyclic) bond motifs is 6. The van der Waals surface area contributed by atoms with Crippen LogP contribution in [0.2, 0.25) is 10.0 Å². The summed E-state index contributed by atoms with van der Waals surface area (Å²) in [6.45, 7) is 4.56. The zero-order chi connectivity index (χ0) is 30.3. The molecule has 0 unspecified atom stereocenters. The maximum absolute atomic E-state index is 13.5. The number of nitrogens with zero attached hydrogens (tertiary/aromatic N) is 1. The summed E-state index contributed by atoms with van der Waals surface area (Å²) in [7, 11) is 0. The Kier molecular flexibility index (Phi) is 5.90. The highest BCUT2D eigenvalue weighted by molar-refractivity contribution is 6.44. The Bertz CT molecular complexity index is 2200. The third-order valence-corrected chi connectivity index (χ3v) is 9.75. The van der Waals surface area contributed by atoms with Crippen LogP contribution in [-0.2, 0) is 5.41 Å². The van der Waals surface area contributed by atoms with Gasteiger partial charge in [-0.25, -0.2) is 0 Å². The van der Waals surface area contributed by atoms with Crippen LogP contribution in [0.4, 0.5) is 17.1 Å². The number of hydrogen-bond acceptors (Lipinski definition) is 3. The van der Waals surface area contributed by atoms with Gasteiger partial charge in [-0.15, -0.1) is 0 Å². The summed E-state index contributed by atoms with van der Waals surface area (Å²) < 4.78 is 0. The molecule has 8 rings (SSSR count). The van der Waals surface area contributed by atoms with E-state index in [4.69, 9.17) is 23.2 Å². The minimum atomic E-state index is -0.278. The SMILES string of the molecule is CC1(C)c2ccccc2N(c2ccccc2)c2ccc3cc(C=C4C(=O)c5cc6cc(Cl)c(Cl)cc6cc5C4=O)ccc3c21. The van der Waals surface area contributed by atoms with Crippen LogP contribution in [0.1, 0.15) is 51.3 Å². The van der Waals surface area contributed by atoms with Crippen molar-refractivity contribution in [3.05, 3.63) is 153 Å². The van der Waals surface area contributed by atoms with Crippen molar-refractivity contribution in [1.29, 1.82) is 0 Å². The van der Waals surface area contributed by atoms with Gasteiger partial charge in [-0.3, -0.25) is 9.59 Å². The number of allylic oxidation sites excluding steroid dienone is 1. The summed E-state index contributed by atoms with van der Waals surface area (Å²) in [5, 5.41) is 4.53. The molecule has 0 radical (unpaired) electrons. The molecule has 0 atom stereocenters. The molecule has 0 bridgehead atoms. The van der Waals surface area contributed by atoms with E-state index in [1.54, 1.807) is 30.3 Å². The van der Waals surface area contributed by atoms with Crippen molar-refractivity contribution in [3.8, 4) is 0 Å². The number of anilines is 3. The Morgan fingerprint density at radius 1 is 0.636 bits per heavy atom. The first-order chi connectivity index (χ1) is 21.2. The van der Waals surface area contributed by atoms with Gasteiger partial charge in [0.05, 0.1) is 27.0 Å². The lowest BCUT2D eigenvalue weighted by Gasteiger charge is -2.42. The van der Waals surface area contributed by atoms with Crippen molar-refractivity contribution in [2.75, 3.05) is 4.90 Å². The minimum Gasteiger partial charge on any atom is -0.310 e. The number of carbonyl (C=O) groups is 2. The van der Waals surface area contributed by atoms with Crippen LogP contribution < -0.4 is 4.90 Å². The number of carbonyl (C=O) groups excluding carboxylic acids is 2. The Morgan fingerprint density at radius 3 is 1.95 bits per heavy atom. The van der Waals surface area contributed by atoms with Crippen LogP contribution in [-0.4, -0.2) is 11.6 Å². The molecule has 0 amide bonds. The number of ketones is 2.